The van der Waals surface area contributed by atoms with Crippen molar-refractivity contribution in [1.29, 1.82) is 0 Å². The van der Waals surface area contributed by atoms with Crippen molar-refractivity contribution in [3.05, 3.63) is 103 Å². The Morgan fingerprint density at radius 2 is 1.71 bits per heavy atom. The van der Waals surface area contributed by atoms with Gasteiger partial charge in [0.05, 0.1) is 24.0 Å². The summed E-state index contributed by atoms with van der Waals surface area (Å²) in [7, 11) is 0. The highest BCUT2D eigenvalue weighted by Gasteiger charge is 2.13. The Morgan fingerprint density at radius 1 is 0.857 bits per heavy atom. The maximum Gasteiger partial charge on any atom is 0.138 e. The van der Waals surface area contributed by atoms with Gasteiger partial charge in [0.25, 0.3) is 0 Å². The number of nitrogens with one attached hydrogen (secondary N) is 2. The van der Waals surface area contributed by atoms with Crippen molar-refractivity contribution in [3.63, 3.8) is 0 Å². The van der Waals surface area contributed by atoms with Gasteiger partial charge in [-0.05, 0) is 55.2 Å². The number of ether oxygens (including phenoxy) is 1. The second-order valence-electron chi connectivity index (χ2n) is 8.83. The molecule has 0 amide bonds. The van der Waals surface area contributed by atoms with E-state index in [-0.39, 0.29) is 0 Å². The number of aromatic nitrogens is 4. The lowest BCUT2D eigenvalue weighted by molar-refractivity contribution is 0.310. The van der Waals surface area contributed by atoms with E-state index in [0.717, 1.165) is 57.6 Å². The van der Waals surface area contributed by atoms with Crippen LogP contribution in [0.3, 0.4) is 0 Å². The fraction of sp³-hybridized carbons (Fsp3) is 0.133. The van der Waals surface area contributed by atoms with Crippen LogP contribution in [0.2, 0.25) is 0 Å². The summed E-state index contributed by atoms with van der Waals surface area (Å²) in [5.41, 5.74) is 8.69. The van der Waals surface area contributed by atoms with Crippen LogP contribution in [0.5, 0.6) is 5.75 Å². The molecule has 0 atom stereocenters. The molecule has 0 aliphatic carbocycles. The van der Waals surface area contributed by atoms with Crippen molar-refractivity contribution in [2.24, 2.45) is 0 Å². The molecule has 0 aliphatic heterocycles. The van der Waals surface area contributed by atoms with Crippen LogP contribution in [0.25, 0.3) is 44.2 Å². The zero-order chi connectivity index (χ0) is 23.6. The quantitative estimate of drug-likeness (QED) is 0.251. The van der Waals surface area contributed by atoms with Gasteiger partial charge in [0, 0.05) is 39.3 Å². The van der Waals surface area contributed by atoms with Gasteiger partial charge in [-0.1, -0.05) is 54.6 Å². The second-order valence-corrected chi connectivity index (χ2v) is 8.83. The van der Waals surface area contributed by atoms with E-state index in [9.17, 15) is 0 Å². The Labute approximate surface area is 203 Å². The van der Waals surface area contributed by atoms with Crippen LogP contribution in [0.15, 0.2) is 91.3 Å². The molecule has 0 fully saturated rings. The first-order valence-electron chi connectivity index (χ1n) is 11.9. The van der Waals surface area contributed by atoms with Crippen LogP contribution < -0.4 is 4.74 Å². The Bertz CT molecular complexity index is 1610. The number of H-pyrrole nitrogens is 2. The molecule has 172 valence electrons. The summed E-state index contributed by atoms with van der Waals surface area (Å²) < 4.78 is 6.17. The van der Waals surface area contributed by atoms with Crippen molar-refractivity contribution in [2.45, 2.75) is 19.8 Å². The van der Waals surface area contributed by atoms with Crippen LogP contribution >= 0.6 is 0 Å². The topological polar surface area (TPSA) is 66.6 Å². The monoisotopic (exact) mass is 458 g/mol. The zero-order valence-corrected chi connectivity index (χ0v) is 19.6. The molecule has 5 nitrogen and oxygen atoms in total. The third kappa shape index (κ3) is 4.17. The maximum atomic E-state index is 6.17. The summed E-state index contributed by atoms with van der Waals surface area (Å²) in [6.45, 7) is 2.67. The van der Waals surface area contributed by atoms with Crippen LogP contribution in [0.1, 0.15) is 17.7 Å². The summed E-state index contributed by atoms with van der Waals surface area (Å²) in [6, 6.07) is 27.2. The Balaban J connectivity index is 1.26. The van der Waals surface area contributed by atoms with Gasteiger partial charge < -0.3 is 9.72 Å². The first kappa shape index (κ1) is 21.2. The average molecular weight is 459 g/mol. The van der Waals surface area contributed by atoms with E-state index in [0.29, 0.717) is 6.61 Å². The van der Waals surface area contributed by atoms with E-state index in [1.807, 2.05) is 31.3 Å². The third-order valence-corrected chi connectivity index (χ3v) is 6.50. The highest BCUT2D eigenvalue weighted by molar-refractivity contribution is 5.90. The van der Waals surface area contributed by atoms with Gasteiger partial charge in [0.2, 0.25) is 0 Å². The minimum atomic E-state index is 0.630. The lowest BCUT2D eigenvalue weighted by Crippen LogP contribution is -2.01. The van der Waals surface area contributed by atoms with Crippen molar-refractivity contribution < 1.29 is 4.74 Å². The molecule has 2 N–H and O–H groups in total. The Kier molecular flexibility index (Phi) is 5.51. The number of para-hydroxylation sites is 1. The van der Waals surface area contributed by atoms with Crippen molar-refractivity contribution in [3.8, 4) is 28.1 Å². The molecule has 35 heavy (non-hydrogen) atoms. The van der Waals surface area contributed by atoms with E-state index in [2.05, 4.69) is 82.0 Å². The molecule has 3 aromatic carbocycles. The standard InChI is InChI=1S/C30H26N4O/c1-20-26-16-22(13-14-29(26)34-33-20)27-17-24(19-32-30(27)21-8-3-2-4-9-21)35-15-7-10-23-18-31-28-12-6-5-11-25(23)28/h2-6,8-9,11-14,16-19,31H,7,10,15H2,1H3,(H,33,34). The van der Waals surface area contributed by atoms with Crippen molar-refractivity contribution in [1.82, 2.24) is 20.2 Å². The molecule has 3 heterocycles. The van der Waals surface area contributed by atoms with Gasteiger partial charge in [0.15, 0.2) is 0 Å². The molecule has 0 saturated carbocycles. The largest absolute Gasteiger partial charge is 0.492 e. The summed E-state index contributed by atoms with van der Waals surface area (Å²) in [6.07, 6.45) is 5.83. The average Bonchev–Trinajstić information content (AvgIpc) is 3.50. The first-order valence-corrected chi connectivity index (χ1v) is 11.9. The fourth-order valence-electron chi connectivity index (χ4n) is 4.67. The minimum absolute atomic E-state index is 0.630. The number of benzene rings is 3. The molecule has 0 unspecified atom stereocenters. The predicted molar refractivity (Wildman–Crippen MR) is 142 cm³/mol. The van der Waals surface area contributed by atoms with Gasteiger partial charge in [-0.3, -0.25) is 10.1 Å². The summed E-state index contributed by atoms with van der Waals surface area (Å²) >= 11 is 0. The molecule has 0 spiro atoms. The third-order valence-electron chi connectivity index (χ3n) is 6.50. The molecule has 0 radical (unpaired) electrons. The predicted octanol–water partition coefficient (Wildman–Crippen LogP) is 7.09. The molecular weight excluding hydrogens is 432 g/mol. The van der Waals surface area contributed by atoms with E-state index in [1.54, 1.807) is 0 Å². The number of nitrogens with zero attached hydrogens (tertiary/aromatic N) is 2. The van der Waals surface area contributed by atoms with Gasteiger partial charge in [0.1, 0.15) is 5.75 Å². The number of aryl methyl sites for hydroxylation is 2. The minimum Gasteiger partial charge on any atom is -0.492 e. The smallest absolute Gasteiger partial charge is 0.138 e. The van der Waals surface area contributed by atoms with Crippen molar-refractivity contribution in [2.75, 3.05) is 6.61 Å². The number of hydrogen-bond donors (Lipinski definition) is 2. The molecule has 0 saturated heterocycles. The fourth-order valence-corrected chi connectivity index (χ4v) is 4.67. The van der Waals surface area contributed by atoms with Crippen molar-refractivity contribution >= 4 is 21.8 Å². The van der Waals surface area contributed by atoms with Gasteiger partial charge in [-0.15, -0.1) is 0 Å². The summed E-state index contributed by atoms with van der Waals surface area (Å²) in [4.78, 5) is 8.18. The highest BCUT2D eigenvalue weighted by Crippen LogP contribution is 2.35. The van der Waals surface area contributed by atoms with E-state index in [4.69, 9.17) is 9.72 Å². The molecule has 0 aliphatic rings. The van der Waals surface area contributed by atoms with Crippen LogP contribution in [0.4, 0.5) is 0 Å². The Hall–Kier alpha value is -4.38. The number of rotatable bonds is 7. The molecule has 5 heteroatoms. The van der Waals surface area contributed by atoms with Crippen LogP contribution in [-0.2, 0) is 6.42 Å². The zero-order valence-electron chi connectivity index (χ0n) is 19.6. The van der Waals surface area contributed by atoms with Gasteiger partial charge >= 0.3 is 0 Å². The Morgan fingerprint density at radius 3 is 2.63 bits per heavy atom. The molecule has 0 bridgehead atoms. The summed E-state index contributed by atoms with van der Waals surface area (Å²) in [5.74, 6) is 0.780. The molecular formula is C30H26N4O. The number of aromatic amines is 2. The van der Waals surface area contributed by atoms with Gasteiger partial charge in [-0.25, -0.2) is 0 Å². The van der Waals surface area contributed by atoms with E-state index >= 15 is 0 Å². The lowest BCUT2D eigenvalue weighted by atomic mass is 9.98. The molecule has 6 aromatic rings. The number of fused-ring (bicyclic) bond motifs is 2. The molecule has 3 aromatic heterocycles. The lowest BCUT2D eigenvalue weighted by Gasteiger charge is -2.13. The molecule has 6 rings (SSSR count). The second kappa shape index (κ2) is 9.11. The van der Waals surface area contributed by atoms with E-state index in [1.165, 1.54) is 16.5 Å². The van der Waals surface area contributed by atoms with Crippen LogP contribution in [-0.4, -0.2) is 26.8 Å². The van der Waals surface area contributed by atoms with Gasteiger partial charge in [-0.2, -0.15) is 5.10 Å². The SMILES string of the molecule is Cc1[nH]nc2ccc(-c3cc(OCCCc4c[nH]c5ccccc45)cnc3-c3ccccc3)cc12. The van der Waals surface area contributed by atoms with Crippen LogP contribution in [0, 0.1) is 6.92 Å². The maximum absolute atomic E-state index is 6.17. The number of pyridine rings is 1. The normalized spacial score (nSPS) is 11.3. The van der Waals surface area contributed by atoms with E-state index < -0.39 is 0 Å². The highest BCUT2D eigenvalue weighted by atomic mass is 16.5. The number of hydrogen-bond acceptors (Lipinski definition) is 3. The summed E-state index contributed by atoms with van der Waals surface area (Å²) in [5, 5.41) is 9.85. The first-order chi connectivity index (χ1) is 17.3.